The summed E-state index contributed by atoms with van der Waals surface area (Å²) in [6.07, 6.45) is 1.77. The molecule has 0 fully saturated rings. The Hall–Kier alpha value is -3.90. The molecule has 3 aromatic carbocycles. The first-order valence-corrected chi connectivity index (χ1v) is 12.0. The minimum atomic E-state index is -4.04. The van der Waals surface area contributed by atoms with Gasteiger partial charge in [-0.25, -0.2) is 13.9 Å². The summed E-state index contributed by atoms with van der Waals surface area (Å²) in [5.74, 6) is 5.20. The van der Waals surface area contributed by atoms with Crippen LogP contribution in [-0.4, -0.2) is 30.6 Å². The number of aromatic nitrogens is 1. The molecule has 34 heavy (non-hydrogen) atoms. The second-order valence-corrected chi connectivity index (χ2v) is 9.57. The lowest BCUT2D eigenvalue weighted by Gasteiger charge is -2.17. The topological polar surface area (TPSA) is 111 Å². The first kappa shape index (κ1) is 23.3. The van der Waals surface area contributed by atoms with Crippen LogP contribution in [0.1, 0.15) is 22.3 Å². The average molecular weight is 474 g/mol. The van der Waals surface area contributed by atoms with Gasteiger partial charge in [0.05, 0.1) is 4.90 Å². The molecule has 4 N–H and O–H groups in total. The Balaban J connectivity index is 1.52. The van der Waals surface area contributed by atoms with E-state index in [0.29, 0.717) is 5.56 Å². The van der Waals surface area contributed by atoms with Crippen molar-refractivity contribution in [1.82, 2.24) is 15.2 Å². The van der Waals surface area contributed by atoms with E-state index >= 15 is 0 Å². The molecule has 0 aliphatic carbocycles. The maximum Gasteiger partial charge on any atom is 0.261 e. The summed E-state index contributed by atoms with van der Waals surface area (Å²) in [5, 5.41) is 10.0. The molecular formula is C26H23N3O4S. The van der Waals surface area contributed by atoms with Gasteiger partial charge in [-0.1, -0.05) is 47.7 Å². The molecule has 4 rings (SSSR count). The van der Waals surface area contributed by atoms with Crippen LogP contribution in [0.25, 0.3) is 10.9 Å². The molecular weight excluding hydrogens is 450 g/mol. The van der Waals surface area contributed by atoms with Crippen molar-refractivity contribution in [3.63, 3.8) is 0 Å². The van der Waals surface area contributed by atoms with Crippen molar-refractivity contribution in [2.75, 3.05) is 0 Å². The van der Waals surface area contributed by atoms with Gasteiger partial charge in [0.1, 0.15) is 6.04 Å². The van der Waals surface area contributed by atoms with Crippen molar-refractivity contribution in [3.8, 4) is 11.8 Å². The van der Waals surface area contributed by atoms with Crippen LogP contribution in [0.15, 0.2) is 83.9 Å². The lowest BCUT2D eigenvalue weighted by atomic mass is 10.1. The van der Waals surface area contributed by atoms with Crippen LogP contribution in [0.5, 0.6) is 0 Å². The number of aromatic amines is 1. The zero-order valence-electron chi connectivity index (χ0n) is 18.4. The number of amides is 1. The number of hydrogen-bond donors (Lipinski definition) is 4. The van der Waals surface area contributed by atoms with Crippen LogP contribution in [-0.2, 0) is 21.2 Å². The Morgan fingerprint density at radius 1 is 0.971 bits per heavy atom. The second kappa shape index (κ2) is 9.93. The van der Waals surface area contributed by atoms with Gasteiger partial charge in [-0.15, -0.1) is 0 Å². The average Bonchev–Trinajstić information content (AvgIpc) is 3.26. The van der Waals surface area contributed by atoms with Gasteiger partial charge in [0.15, 0.2) is 0 Å². The molecule has 172 valence electrons. The van der Waals surface area contributed by atoms with Gasteiger partial charge in [0.25, 0.3) is 5.91 Å². The third kappa shape index (κ3) is 5.35. The molecule has 4 aromatic rings. The summed E-state index contributed by atoms with van der Waals surface area (Å²) >= 11 is 0. The number of fused-ring (bicyclic) bond motifs is 1. The van der Waals surface area contributed by atoms with Gasteiger partial charge in [0, 0.05) is 28.2 Å². The number of benzene rings is 3. The molecule has 0 radical (unpaired) electrons. The predicted octanol–water partition coefficient (Wildman–Crippen LogP) is 3.27. The number of aryl methyl sites for hydroxylation is 1. The lowest BCUT2D eigenvalue weighted by Crippen LogP contribution is -2.47. The fraction of sp³-hybridized carbons (Fsp3) is 0.115. The SMILES string of the molecule is Cc1ccc(C#Cc2ccc(S(=O)(=O)N[C@H](Cc3c[nH]c4ccccc34)C(=O)NO)cc2)cc1. The molecule has 8 heteroatoms. The normalized spacial score (nSPS) is 12.1. The van der Waals surface area contributed by atoms with Crippen molar-refractivity contribution in [2.45, 2.75) is 24.3 Å². The van der Waals surface area contributed by atoms with Gasteiger partial charge in [-0.05, 0) is 61.4 Å². The van der Waals surface area contributed by atoms with E-state index < -0.39 is 22.0 Å². The van der Waals surface area contributed by atoms with E-state index in [9.17, 15) is 13.2 Å². The summed E-state index contributed by atoms with van der Waals surface area (Å²) in [5.41, 5.74) is 5.82. The standard InChI is InChI=1S/C26H23N3O4S/c1-18-6-8-19(9-7-18)10-11-20-12-14-22(15-13-20)34(32,33)29-25(26(30)28-31)16-21-17-27-24-5-3-2-4-23(21)24/h2-9,12-15,17,25,27,29,31H,16H2,1H3,(H,28,30)/t25-/m1/s1. The van der Waals surface area contributed by atoms with Crippen LogP contribution >= 0.6 is 0 Å². The number of para-hydroxylation sites is 1. The Morgan fingerprint density at radius 2 is 1.59 bits per heavy atom. The van der Waals surface area contributed by atoms with Crippen molar-refractivity contribution in [2.24, 2.45) is 0 Å². The second-order valence-electron chi connectivity index (χ2n) is 7.85. The van der Waals surface area contributed by atoms with E-state index in [1.54, 1.807) is 23.8 Å². The molecule has 1 amide bonds. The number of H-pyrrole nitrogens is 1. The maximum atomic E-state index is 13.0. The van der Waals surface area contributed by atoms with Crippen molar-refractivity contribution < 1.29 is 18.4 Å². The Kier molecular flexibility index (Phi) is 6.80. The number of carbonyl (C=O) groups excluding carboxylic acids is 1. The number of hydroxylamine groups is 1. The summed E-state index contributed by atoms with van der Waals surface area (Å²) in [6.45, 7) is 2.00. The van der Waals surface area contributed by atoms with Crippen molar-refractivity contribution in [1.29, 1.82) is 0 Å². The quantitative estimate of drug-likeness (QED) is 0.196. The fourth-order valence-corrected chi connectivity index (χ4v) is 4.74. The lowest BCUT2D eigenvalue weighted by molar-refractivity contribution is -0.130. The van der Waals surface area contributed by atoms with Crippen molar-refractivity contribution in [3.05, 3.63) is 101 Å². The van der Waals surface area contributed by atoms with Crippen molar-refractivity contribution >= 4 is 26.8 Å². The van der Waals surface area contributed by atoms with Gasteiger partial charge in [-0.2, -0.15) is 4.72 Å². The van der Waals surface area contributed by atoms with Crippen LogP contribution in [0.2, 0.25) is 0 Å². The third-order valence-corrected chi connectivity index (χ3v) is 6.88. The molecule has 0 saturated carbocycles. The van der Waals surface area contributed by atoms with E-state index in [-0.39, 0.29) is 11.3 Å². The monoisotopic (exact) mass is 473 g/mol. The predicted molar refractivity (Wildman–Crippen MR) is 130 cm³/mol. The van der Waals surface area contributed by atoms with E-state index in [0.717, 1.165) is 27.6 Å². The molecule has 0 aliphatic rings. The van der Waals surface area contributed by atoms with Crippen LogP contribution in [0.3, 0.4) is 0 Å². The highest BCUT2D eigenvalue weighted by atomic mass is 32.2. The summed E-state index contributed by atoms with van der Waals surface area (Å²) in [7, 11) is -4.04. The highest BCUT2D eigenvalue weighted by molar-refractivity contribution is 7.89. The van der Waals surface area contributed by atoms with Gasteiger partial charge >= 0.3 is 0 Å². The maximum absolute atomic E-state index is 13.0. The molecule has 7 nitrogen and oxygen atoms in total. The third-order valence-electron chi connectivity index (χ3n) is 5.39. The van der Waals surface area contributed by atoms with Crippen LogP contribution in [0.4, 0.5) is 0 Å². The molecule has 0 spiro atoms. The largest absolute Gasteiger partial charge is 0.361 e. The minimum Gasteiger partial charge on any atom is -0.361 e. The van der Waals surface area contributed by atoms with Crippen LogP contribution in [0, 0.1) is 18.8 Å². The van der Waals surface area contributed by atoms with E-state index in [1.165, 1.54) is 12.1 Å². The van der Waals surface area contributed by atoms with Gasteiger partial charge in [0.2, 0.25) is 10.0 Å². The Morgan fingerprint density at radius 3 is 2.24 bits per heavy atom. The van der Waals surface area contributed by atoms with E-state index in [4.69, 9.17) is 5.21 Å². The highest BCUT2D eigenvalue weighted by Crippen LogP contribution is 2.20. The number of hydrogen-bond acceptors (Lipinski definition) is 4. The number of rotatable bonds is 6. The minimum absolute atomic E-state index is 0.0111. The fourth-order valence-electron chi connectivity index (χ4n) is 3.54. The Labute approximate surface area is 197 Å². The molecule has 1 aromatic heterocycles. The first-order valence-electron chi connectivity index (χ1n) is 10.6. The summed E-state index contributed by atoms with van der Waals surface area (Å²) in [6, 6.07) is 20.1. The molecule has 0 unspecified atom stereocenters. The zero-order chi connectivity index (χ0) is 24.1. The summed E-state index contributed by atoms with van der Waals surface area (Å²) < 4.78 is 28.3. The molecule has 1 atom stereocenters. The van der Waals surface area contributed by atoms with Gasteiger partial charge in [-0.3, -0.25) is 10.0 Å². The highest BCUT2D eigenvalue weighted by Gasteiger charge is 2.26. The van der Waals surface area contributed by atoms with Gasteiger partial charge < -0.3 is 4.98 Å². The molecule has 0 aliphatic heterocycles. The number of sulfonamides is 1. The molecule has 1 heterocycles. The molecule has 0 saturated heterocycles. The Bertz CT molecular complexity index is 1480. The molecule has 0 bridgehead atoms. The number of carbonyl (C=O) groups is 1. The van der Waals surface area contributed by atoms with E-state index in [2.05, 4.69) is 21.5 Å². The zero-order valence-corrected chi connectivity index (χ0v) is 19.2. The van der Waals surface area contributed by atoms with Crippen LogP contribution < -0.4 is 10.2 Å². The van der Waals surface area contributed by atoms with E-state index in [1.807, 2.05) is 55.5 Å². The first-order chi connectivity index (χ1) is 16.4. The summed E-state index contributed by atoms with van der Waals surface area (Å²) in [4.78, 5) is 15.3. The number of nitrogens with one attached hydrogen (secondary N) is 3. The smallest absolute Gasteiger partial charge is 0.261 e.